The zero-order chi connectivity index (χ0) is 28.4. The van der Waals surface area contributed by atoms with E-state index < -0.39 is 45.9 Å². The molecule has 0 amide bonds. The summed E-state index contributed by atoms with van der Waals surface area (Å²) < 4.78 is 39.0. The van der Waals surface area contributed by atoms with Crippen LogP contribution < -0.4 is 9.62 Å². The number of benzene rings is 2. The number of hydrogen-bond donors (Lipinski definition) is 4. The molecule has 4 atom stereocenters. The lowest BCUT2D eigenvalue weighted by Gasteiger charge is -2.36. The smallest absolute Gasteiger partial charge is 0.251 e. The molecule has 0 unspecified atom stereocenters. The van der Waals surface area contributed by atoms with Crippen LogP contribution in [0, 0.1) is 11.3 Å². The second kappa shape index (κ2) is 11.7. The van der Waals surface area contributed by atoms with Gasteiger partial charge in [0.1, 0.15) is 35.9 Å². The van der Waals surface area contributed by atoms with Crippen molar-refractivity contribution >= 4 is 32.6 Å². The Labute approximate surface area is 232 Å². The molecule has 2 saturated heterocycles. The van der Waals surface area contributed by atoms with Gasteiger partial charge in [0.25, 0.3) is 10.0 Å². The summed E-state index contributed by atoms with van der Waals surface area (Å²) in [4.78, 5) is 4.07. The Morgan fingerprint density at radius 3 is 2.52 bits per heavy atom. The van der Waals surface area contributed by atoms with E-state index in [0.29, 0.717) is 5.76 Å². The van der Waals surface area contributed by atoms with Gasteiger partial charge in [-0.2, -0.15) is 5.26 Å². The molecule has 0 aliphatic carbocycles. The molecule has 1 aromatic heterocycles. The van der Waals surface area contributed by atoms with Crippen molar-refractivity contribution in [3.05, 3.63) is 59.2 Å². The molecule has 212 valence electrons. The highest BCUT2D eigenvalue weighted by Crippen LogP contribution is 2.30. The van der Waals surface area contributed by atoms with Crippen LogP contribution in [0.3, 0.4) is 0 Å². The molecule has 5 rings (SSSR count). The van der Waals surface area contributed by atoms with Gasteiger partial charge in [-0.1, -0.05) is 18.2 Å². The van der Waals surface area contributed by atoms with Crippen molar-refractivity contribution < 1.29 is 32.9 Å². The summed E-state index contributed by atoms with van der Waals surface area (Å²) >= 11 is 0. The van der Waals surface area contributed by atoms with E-state index in [1.54, 1.807) is 18.2 Å². The molecule has 0 bridgehead atoms. The zero-order valence-corrected chi connectivity index (χ0v) is 22.8. The normalized spacial score (nSPS) is 24.8. The molecular formula is C28H32N4O7S. The zero-order valence-electron chi connectivity index (χ0n) is 22.0. The Morgan fingerprint density at radius 2 is 1.80 bits per heavy atom. The number of piperazine rings is 1. The van der Waals surface area contributed by atoms with E-state index in [4.69, 9.17) is 9.15 Å². The number of rotatable bonds is 7. The van der Waals surface area contributed by atoms with Crippen LogP contribution >= 0.6 is 0 Å². The summed E-state index contributed by atoms with van der Waals surface area (Å²) in [6.45, 7) is 3.21. The van der Waals surface area contributed by atoms with E-state index in [9.17, 15) is 29.0 Å². The number of aliphatic hydroxyl groups excluding tert-OH is 3. The summed E-state index contributed by atoms with van der Waals surface area (Å²) in [7, 11) is -2.25. The average molecular weight is 569 g/mol. The number of hydrogen-bond acceptors (Lipinski definition) is 10. The average Bonchev–Trinajstić information content (AvgIpc) is 3.43. The number of nitrogens with zero attached hydrogens (tertiary/aromatic N) is 3. The minimum absolute atomic E-state index is 0.156. The Morgan fingerprint density at radius 1 is 1.07 bits per heavy atom. The first-order valence-electron chi connectivity index (χ1n) is 13.0. The second-order valence-electron chi connectivity index (χ2n) is 10.1. The molecule has 2 aliphatic heterocycles. The van der Waals surface area contributed by atoms with Crippen molar-refractivity contribution in [2.24, 2.45) is 0 Å². The van der Waals surface area contributed by atoms with Crippen molar-refractivity contribution in [1.82, 2.24) is 9.62 Å². The number of sulfonamides is 1. The van der Waals surface area contributed by atoms with Crippen molar-refractivity contribution in [2.75, 3.05) is 51.3 Å². The van der Waals surface area contributed by atoms with Gasteiger partial charge in [-0.05, 0) is 48.2 Å². The van der Waals surface area contributed by atoms with Gasteiger partial charge < -0.3 is 34.3 Å². The third kappa shape index (κ3) is 5.91. The van der Waals surface area contributed by atoms with E-state index in [-0.39, 0.29) is 12.4 Å². The standard InChI is InChI=1S/C28H32N4O7S/c1-31-8-10-32(11-9-31)21-5-4-18-12-20(3-2-19(18)13-21)25-7-6-22(39-25)14-23(15-29)40(36,37)30-24-17-38-26(16-33)28(35)27(24)34/h2-7,12-14,24,26-28,30,33-35H,8-11,16-17H2,1H3/b23-14+/t24-,26+,27+,28+/m0/s1. The SMILES string of the molecule is CN1CCN(c2ccc3cc(-c4ccc(/C=C(\C#N)S(=O)(=O)N[C@H]5CO[C@H](CO)[C@@H](O)[C@@H]5O)o4)ccc3c2)CC1. The second-order valence-corrected chi connectivity index (χ2v) is 11.8. The van der Waals surface area contributed by atoms with Crippen LogP contribution in [0.5, 0.6) is 0 Å². The van der Waals surface area contributed by atoms with Crippen molar-refractivity contribution in [3.63, 3.8) is 0 Å². The number of nitrogens with one attached hydrogen (secondary N) is 1. The summed E-state index contributed by atoms with van der Waals surface area (Å²) in [6.07, 6.45) is -2.95. The fourth-order valence-corrected chi connectivity index (χ4v) is 6.07. The largest absolute Gasteiger partial charge is 0.457 e. The molecular weight excluding hydrogens is 536 g/mol. The van der Waals surface area contributed by atoms with Gasteiger partial charge in [-0.25, -0.2) is 13.1 Å². The van der Waals surface area contributed by atoms with Gasteiger partial charge in [-0.15, -0.1) is 0 Å². The number of likely N-dealkylation sites (N-methyl/N-ethyl adjacent to an activating group) is 1. The lowest BCUT2D eigenvalue weighted by molar-refractivity contribution is -0.158. The number of furan rings is 1. The number of fused-ring (bicyclic) bond motifs is 1. The summed E-state index contributed by atoms with van der Waals surface area (Å²) in [5, 5.41) is 41.2. The summed E-state index contributed by atoms with van der Waals surface area (Å²) in [5.74, 6) is 0.663. The van der Waals surface area contributed by atoms with Gasteiger partial charge in [0.15, 0.2) is 4.91 Å². The Balaban J connectivity index is 1.32. The van der Waals surface area contributed by atoms with Gasteiger partial charge in [0.05, 0.1) is 19.3 Å². The minimum atomic E-state index is -4.38. The highest BCUT2D eigenvalue weighted by molar-refractivity contribution is 7.93. The third-order valence-electron chi connectivity index (χ3n) is 7.40. The van der Waals surface area contributed by atoms with Crippen LogP contribution in [0.1, 0.15) is 5.76 Å². The fourth-order valence-electron chi connectivity index (χ4n) is 4.94. The monoisotopic (exact) mass is 568 g/mol. The van der Waals surface area contributed by atoms with Gasteiger partial charge >= 0.3 is 0 Å². The molecule has 3 heterocycles. The molecule has 2 fully saturated rings. The Bertz CT molecular complexity index is 1540. The van der Waals surface area contributed by atoms with Crippen molar-refractivity contribution in [2.45, 2.75) is 24.4 Å². The van der Waals surface area contributed by atoms with E-state index in [1.807, 2.05) is 18.2 Å². The minimum Gasteiger partial charge on any atom is -0.457 e. The van der Waals surface area contributed by atoms with E-state index in [1.165, 1.54) is 5.69 Å². The topological polar surface area (TPSA) is 160 Å². The van der Waals surface area contributed by atoms with E-state index in [2.05, 4.69) is 39.8 Å². The molecule has 2 aromatic carbocycles. The van der Waals surface area contributed by atoms with Crippen molar-refractivity contribution in [3.8, 4) is 17.4 Å². The van der Waals surface area contributed by atoms with Gasteiger partial charge in [-0.3, -0.25) is 0 Å². The van der Waals surface area contributed by atoms with Crippen LogP contribution in [0.25, 0.3) is 28.2 Å². The van der Waals surface area contributed by atoms with Gasteiger partial charge in [0, 0.05) is 43.5 Å². The lowest BCUT2D eigenvalue weighted by atomic mass is 9.99. The molecule has 40 heavy (non-hydrogen) atoms. The highest BCUT2D eigenvalue weighted by Gasteiger charge is 2.40. The molecule has 2 aliphatic rings. The fraction of sp³-hybridized carbons (Fsp3) is 0.393. The predicted octanol–water partition coefficient (Wildman–Crippen LogP) is 1.12. The molecule has 11 nitrogen and oxygen atoms in total. The quantitative estimate of drug-likeness (QED) is 0.304. The van der Waals surface area contributed by atoms with E-state index in [0.717, 1.165) is 48.6 Å². The molecule has 0 spiro atoms. The van der Waals surface area contributed by atoms with Crippen LogP contribution in [0.4, 0.5) is 5.69 Å². The first-order chi connectivity index (χ1) is 19.2. The van der Waals surface area contributed by atoms with Crippen LogP contribution in [0.2, 0.25) is 0 Å². The highest BCUT2D eigenvalue weighted by atomic mass is 32.2. The third-order valence-corrected chi connectivity index (χ3v) is 8.80. The number of anilines is 1. The predicted molar refractivity (Wildman–Crippen MR) is 150 cm³/mol. The first kappa shape index (κ1) is 28.3. The van der Waals surface area contributed by atoms with Gasteiger partial charge in [0.2, 0.25) is 0 Å². The maximum absolute atomic E-state index is 12.9. The number of aliphatic hydroxyl groups is 3. The van der Waals surface area contributed by atoms with Crippen LogP contribution in [-0.2, 0) is 14.8 Å². The summed E-state index contributed by atoms with van der Waals surface area (Å²) in [6, 6.07) is 16.0. The van der Waals surface area contributed by atoms with E-state index >= 15 is 0 Å². The molecule has 12 heteroatoms. The first-order valence-corrected chi connectivity index (χ1v) is 14.5. The molecule has 4 N–H and O–H groups in total. The number of ether oxygens (including phenoxy) is 1. The maximum Gasteiger partial charge on any atom is 0.251 e. The van der Waals surface area contributed by atoms with Crippen LogP contribution in [-0.4, -0.2) is 99.4 Å². The van der Waals surface area contributed by atoms with Crippen LogP contribution in [0.15, 0.2) is 57.9 Å². The number of nitriles is 1. The van der Waals surface area contributed by atoms with Crippen molar-refractivity contribution in [1.29, 1.82) is 5.26 Å². The Kier molecular flexibility index (Phi) is 8.25. The Hall–Kier alpha value is -3.28. The maximum atomic E-state index is 12.9. The summed E-state index contributed by atoms with van der Waals surface area (Å²) in [5.41, 5.74) is 1.99. The molecule has 3 aromatic rings. The molecule has 0 saturated carbocycles. The number of allylic oxidation sites excluding steroid dienone is 1. The molecule has 0 radical (unpaired) electrons. The lowest BCUT2D eigenvalue weighted by Crippen LogP contribution is -2.59.